The van der Waals surface area contributed by atoms with E-state index in [0.717, 1.165) is 32.5 Å². The van der Waals surface area contributed by atoms with Crippen LogP contribution in [0.4, 0.5) is 0 Å². The molecule has 0 aromatic heterocycles. The van der Waals surface area contributed by atoms with E-state index in [1.807, 2.05) is 11.8 Å². The molecule has 19 heavy (non-hydrogen) atoms. The minimum absolute atomic E-state index is 0.178. The van der Waals surface area contributed by atoms with Gasteiger partial charge in [-0.15, -0.1) is 0 Å². The SMILES string of the molecule is CC(OCC1CCCCN1)C(=O)N1CCCCCC1. The van der Waals surface area contributed by atoms with Crippen LogP contribution in [-0.2, 0) is 9.53 Å². The second kappa shape index (κ2) is 7.85. The molecule has 0 aliphatic carbocycles. The number of rotatable bonds is 4. The predicted octanol–water partition coefficient (Wildman–Crippen LogP) is 1.94. The molecule has 2 aliphatic heterocycles. The van der Waals surface area contributed by atoms with Crippen LogP contribution in [0.15, 0.2) is 0 Å². The Labute approximate surface area is 116 Å². The van der Waals surface area contributed by atoms with Crippen molar-refractivity contribution in [3.8, 4) is 0 Å². The Balaban J connectivity index is 1.71. The first-order chi connectivity index (χ1) is 9.27. The lowest BCUT2D eigenvalue weighted by Crippen LogP contribution is -2.43. The van der Waals surface area contributed by atoms with Crippen molar-refractivity contribution >= 4 is 5.91 Å². The van der Waals surface area contributed by atoms with Gasteiger partial charge < -0.3 is 15.0 Å². The van der Waals surface area contributed by atoms with Gasteiger partial charge in [0.05, 0.1) is 6.61 Å². The predicted molar refractivity (Wildman–Crippen MR) is 76.1 cm³/mol. The van der Waals surface area contributed by atoms with Gasteiger partial charge in [-0.1, -0.05) is 19.3 Å². The maximum Gasteiger partial charge on any atom is 0.251 e. The standard InChI is InChI=1S/C15H28N2O2/c1-13(19-12-14-8-4-5-9-16-14)15(18)17-10-6-2-3-7-11-17/h13-14,16H,2-12H2,1H3. The lowest BCUT2D eigenvalue weighted by atomic mass is 10.1. The molecule has 2 atom stereocenters. The van der Waals surface area contributed by atoms with E-state index in [9.17, 15) is 4.79 Å². The molecule has 0 radical (unpaired) electrons. The summed E-state index contributed by atoms with van der Waals surface area (Å²) in [6.07, 6.45) is 8.21. The van der Waals surface area contributed by atoms with E-state index in [4.69, 9.17) is 4.74 Å². The smallest absolute Gasteiger partial charge is 0.251 e. The third kappa shape index (κ3) is 4.77. The quantitative estimate of drug-likeness (QED) is 0.847. The van der Waals surface area contributed by atoms with Gasteiger partial charge in [0, 0.05) is 19.1 Å². The van der Waals surface area contributed by atoms with Crippen molar-refractivity contribution in [1.82, 2.24) is 10.2 Å². The van der Waals surface area contributed by atoms with E-state index >= 15 is 0 Å². The average molecular weight is 268 g/mol. The van der Waals surface area contributed by atoms with Crippen molar-refractivity contribution in [3.63, 3.8) is 0 Å². The highest BCUT2D eigenvalue weighted by atomic mass is 16.5. The number of piperidine rings is 1. The summed E-state index contributed by atoms with van der Waals surface area (Å²) in [5.41, 5.74) is 0. The molecule has 0 spiro atoms. The Morgan fingerprint density at radius 1 is 1.21 bits per heavy atom. The third-order valence-electron chi connectivity index (χ3n) is 4.23. The Morgan fingerprint density at radius 3 is 2.58 bits per heavy atom. The van der Waals surface area contributed by atoms with E-state index in [0.29, 0.717) is 12.6 Å². The van der Waals surface area contributed by atoms with Crippen LogP contribution >= 0.6 is 0 Å². The second-order valence-corrected chi connectivity index (χ2v) is 5.86. The fourth-order valence-corrected chi connectivity index (χ4v) is 2.95. The molecule has 2 unspecified atom stereocenters. The largest absolute Gasteiger partial charge is 0.367 e. The zero-order chi connectivity index (χ0) is 13.5. The first-order valence-corrected chi connectivity index (χ1v) is 7.91. The van der Waals surface area contributed by atoms with Gasteiger partial charge in [-0.3, -0.25) is 4.79 Å². The number of likely N-dealkylation sites (tertiary alicyclic amines) is 1. The summed E-state index contributed by atoms with van der Waals surface area (Å²) >= 11 is 0. The van der Waals surface area contributed by atoms with Crippen molar-refractivity contribution < 1.29 is 9.53 Å². The highest BCUT2D eigenvalue weighted by Crippen LogP contribution is 2.13. The number of nitrogens with one attached hydrogen (secondary N) is 1. The van der Waals surface area contributed by atoms with E-state index in [2.05, 4.69) is 5.32 Å². The maximum atomic E-state index is 12.3. The molecule has 2 rings (SSSR count). The number of carbonyl (C=O) groups is 1. The van der Waals surface area contributed by atoms with Crippen molar-refractivity contribution in [2.24, 2.45) is 0 Å². The molecule has 4 heteroatoms. The van der Waals surface area contributed by atoms with Crippen LogP contribution in [0, 0.1) is 0 Å². The number of hydrogen-bond acceptors (Lipinski definition) is 3. The molecular formula is C15H28N2O2. The summed E-state index contributed by atoms with van der Waals surface area (Å²) in [6.45, 7) is 5.47. The van der Waals surface area contributed by atoms with E-state index < -0.39 is 0 Å². The van der Waals surface area contributed by atoms with E-state index in [1.54, 1.807) is 0 Å². The van der Waals surface area contributed by atoms with Gasteiger partial charge in [-0.25, -0.2) is 0 Å². The lowest BCUT2D eigenvalue weighted by Gasteiger charge is -2.27. The highest BCUT2D eigenvalue weighted by molar-refractivity contribution is 5.80. The monoisotopic (exact) mass is 268 g/mol. The maximum absolute atomic E-state index is 12.3. The number of nitrogens with zero attached hydrogens (tertiary/aromatic N) is 1. The molecule has 1 N–H and O–H groups in total. The molecule has 2 aliphatic rings. The molecule has 110 valence electrons. The topological polar surface area (TPSA) is 41.6 Å². The summed E-state index contributed by atoms with van der Waals surface area (Å²) in [4.78, 5) is 14.3. The first kappa shape index (κ1) is 14.8. The van der Waals surface area contributed by atoms with Gasteiger partial charge in [-0.05, 0) is 39.2 Å². The molecule has 4 nitrogen and oxygen atoms in total. The second-order valence-electron chi connectivity index (χ2n) is 5.86. The zero-order valence-electron chi connectivity index (χ0n) is 12.2. The van der Waals surface area contributed by atoms with Crippen LogP contribution in [0.5, 0.6) is 0 Å². The molecule has 0 bridgehead atoms. The summed E-state index contributed by atoms with van der Waals surface area (Å²) in [5.74, 6) is 0.178. The van der Waals surface area contributed by atoms with Crippen LogP contribution in [0.25, 0.3) is 0 Å². The average Bonchev–Trinajstić information content (AvgIpc) is 2.74. The number of hydrogen-bond donors (Lipinski definition) is 1. The molecular weight excluding hydrogens is 240 g/mol. The zero-order valence-corrected chi connectivity index (χ0v) is 12.2. The minimum Gasteiger partial charge on any atom is -0.367 e. The summed E-state index contributed by atoms with van der Waals surface area (Å²) in [5, 5.41) is 3.45. The molecule has 0 saturated carbocycles. The van der Waals surface area contributed by atoms with Crippen molar-refractivity contribution in [1.29, 1.82) is 0 Å². The normalized spacial score (nSPS) is 26.8. The highest BCUT2D eigenvalue weighted by Gasteiger charge is 2.23. The molecule has 2 heterocycles. The Kier molecular flexibility index (Phi) is 6.11. The summed E-state index contributed by atoms with van der Waals surface area (Å²) in [7, 11) is 0. The van der Waals surface area contributed by atoms with Crippen LogP contribution in [0.1, 0.15) is 51.9 Å². The van der Waals surface area contributed by atoms with Crippen LogP contribution in [0.3, 0.4) is 0 Å². The molecule has 2 saturated heterocycles. The van der Waals surface area contributed by atoms with E-state index in [-0.39, 0.29) is 12.0 Å². The molecule has 2 fully saturated rings. The first-order valence-electron chi connectivity index (χ1n) is 7.91. The fraction of sp³-hybridized carbons (Fsp3) is 0.933. The summed E-state index contributed by atoms with van der Waals surface area (Å²) in [6, 6.07) is 0.438. The number of amides is 1. The number of carbonyl (C=O) groups excluding carboxylic acids is 1. The van der Waals surface area contributed by atoms with Crippen LogP contribution < -0.4 is 5.32 Å². The fourth-order valence-electron chi connectivity index (χ4n) is 2.95. The van der Waals surface area contributed by atoms with Crippen molar-refractivity contribution in [2.75, 3.05) is 26.2 Å². The van der Waals surface area contributed by atoms with Gasteiger partial charge in [-0.2, -0.15) is 0 Å². The Bertz CT molecular complexity index is 269. The van der Waals surface area contributed by atoms with Gasteiger partial charge in [0.1, 0.15) is 6.10 Å². The van der Waals surface area contributed by atoms with Gasteiger partial charge in [0.25, 0.3) is 5.91 Å². The van der Waals surface area contributed by atoms with Crippen LogP contribution in [-0.4, -0.2) is 49.2 Å². The Morgan fingerprint density at radius 2 is 1.95 bits per heavy atom. The molecule has 1 amide bonds. The van der Waals surface area contributed by atoms with Crippen molar-refractivity contribution in [2.45, 2.75) is 64.0 Å². The van der Waals surface area contributed by atoms with Crippen molar-refractivity contribution in [3.05, 3.63) is 0 Å². The van der Waals surface area contributed by atoms with Gasteiger partial charge in [0.15, 0.2) is 0 Å². The van der Waals surface area contributed by atoms with Gasteiger partial charge in [0.2, 0.25) is 0 Å². The molecule has 0 aromatic rings. The minimum atomic E-state index is -0.290. The van der Waals surface area contributed by atoms with Gasteiger partial charge >= 0.3 is 0 Å². The van der Waals surface area contributed by atoms with Crippen LogP contribution in [0.2, 0.25) is 0 Å². The lowest BCUT2D eigenvalue weighted by molar-refractivity contribution is -0.143. The molecule has 0 aromatic carbocycles. The Hall–Kier alpha value is -0.610. The summed E-state index contributed by atoms with van der Waals surface area (Å²) < 4.78 is 5.78. The van der Waals surface area contributed by atoms with E-state index in [1.165, 1.54) is 32.1 Å². The number of ether oxygens (including phenoxy) is 1. The third-order valence-corrected chi connectivity index (χ3v) is 4.23.